The van der Waals surface area contributed by atoms with Crippen LogP contribution in [0.4, 0.5) is 52.7 Å². The molecule has 30 heavy (non-hydrogen) atoms. The smallest absolute Gasteiger partial charge is 0.384 e. The van der Waals surface area contributed by atoms with Crippen molar-refractivity contribution in [3.8, 4) is 0 Å². The lowest BCUT2D eigenvalue weighted by Gasteiger charge is -2.51. The number of hydrogen-bond acceptors (Lipinski definition) is 2. The quantitative estimate of drug-likeness (QED) is 0.335. The van der Waals surface area contributed by atoms with E-state index in [1.807, 2.05) is 0 Å². The summed E-state index contributed by atoms with van der Waals surface area (Å²) >= 11 is 5.27. The molecular weight excluding hydrogens is 476 g/mol. The van der Waals surface area contributed by atoms with E-state index in [0.29, 0.717) is 18.2 Å². The summed E-state index contributed by atoms with van der Waals surface area (Å²) in [6.45, 7) is 0. The number of benzene rings is 1. The van der Waals surface area contributed by atoms with E-state index in [2.05, 4.69) is 0 Å². The van der Waals surface area contributed by atoms with E-state index < -0.39 is 69.3 Å². The molecule has 0 amide bonds. The Bertz CT molecular complexity index is 894. The second-order valence-corrected chi connectivity index (χ2v) is 6.46. The average Bonchev–Trinajstić information content (AvgIpc) is 2.61. The van der Waals surface area contributed by atoms with Gasteiger partial charge in [-0.25, -0.2) is 8.78 Å². The molecule has 1 aromatic carbocycles. The first-order chi connectivity index (χ1) is 13.2. The van der Waals surface area contributed by atoms with Crippen LogP contribution in [0.3, 0.4) is 0 Å². The number of allylic oxidation sites excluding steroid dienone is 1. The Hall–Kier alpha value is -2.12. The molecule has 2 nitrogen and oxygen atoms in total. The van der Waals surface area contributed by atoms with Crippen molar-refractivity contribution in [3.63, 3.8) is 0 Å². The molecule has 0 bridgehead atoms. The Morgan fingerprint density at radius 1 is 0.800 bits per heavy atom. The molecule has 1 saturated carbocycles. The van der Waals surface area contributed by atoms with Crippen molar-refractivity contribution < 1.29 is 62.6 Å². The molecule has 0 unspecified atom stereocenters. The minimum Gasteiger partial charge on any atom is -0.507 e. The van der Waals surface area contributed by atoms with Crippen molar-refractivity contribution in [2.24, 2.45) is 0 Å². The monoisotopic (exact) mass is 480 g/mol. The van der Waals surface area contributed by atoms with E-state index in [1.54, 1.807) is 0 Å². The fourth-order valence-corrected chi connectivity index (χ4v) is 2.67. The highest BCUT2D eigenvalue weighted by molar-refractivity contribution is 6.30. The van der Waals surface area contributed by atoms with Gasteiger partial charge in [-0.2, -0.15) is 43.9 Å². The normalized spacial score (nSPS) is 25.6. The molecule has 0 aromatic heterocycles. The van der Waals surface area contributed by atoms with Gasteiger partial charge < -0.3 is 5.11 Å². The highest BCUT2D eigenvalue weighted by Gasteiger charge is 3.02. The lowest BCUT2D eigenvalue weighted by atomic mass is 9.70. The Labute approximate surface area is 162 Å². The Kier molecular flexibility index (Phi) is 5.18. The van der Waals surface area contributed by atoms with Crippen molar-refractivity contribution in [2.45, 2.75) is 35.3 Å². The third-order valence-electron chi connectivity index (χ3n) is 4.27. The van der Waals surface area contributed by atoms with Gasteiger partial charge in [0.25, 0.3) is 0 Å². The molecule has 1 N–H and O–H groups in total. The Morgan fingerprint density at radius 3 is 1.60 bits per heavy atom. The first-order valence-electron chi connectivity index (χ1n) is 7.20. The third-order valence-corrected chi connectivity index (χ3v) is 4.56. The van der Waals surface area contributed by atoms with Gasteiger partial charge in [0, 0.05) is 11.6 Å². The van der Waals surface area contributed by atoms with E-state index in [4.69, 9.17) is 11.6 Å². The molecule has 1 aromatic rings. The standard InChI is InChI=1S/C15H5ClF12O2/c16-6-3-5(1-2-7(6)17)8(29)4-9(30)10(18)11(19,20)13(23,24)15(27,28)14(25,26)12(10,21)22/h1-4,29H/b8-4-. The van der Waals surface area contributed by atoms with E-state index in [1.165, 1.54) is 0 Å². The van der Waals surface area contributed by atoms with E-state index in [-0.39, 0.29) is 0 Å². The summed E-state index contributed by atoms with van der Waals surface area (Å²) in [6.07, 6.45) is -0.943. The largest absolute Gasteiger partial charge is 0.507 e. The second-order valence-electron chi connectivity index (χ2n) is 6.05. The SMILES string of the molecule is O=C(/C=C(\O)c1ccc(F)c(Cl)c1)C1(F)C(F)(F)C(F)(F)C(F)(F)C(F)(F)C1(F)F. The van der Waals surface area contributed by atoms with Crippen LogP contribution in [0.15, 0.2) is 24.3 Å². The van der Waals surface area contributed by atoms with Gasteiger partial charge in [0.05, 0.1) is 5.02 Å². The molecule has 0 saturated heterocycles. The summed E-state index contributed by atoms with van der Waals surface area (Å²) in [7, 11) is 0. The highest BCUT2D eigenvalue weighted by atomic mass is 35.5. The van der Waals surface area contributed by atoms with Crippen LogP contribution in [-0.4, -0.2) is 46.2 Å². The predicted octanol–water partition coefficient (Wildman–Crippen LogP) is 5.85. The fourth-order valence-electron chi connectivity index (χ4n) is 2.49. The van der Waals surface area contributed by atoms with Gasteiger partial charge in [-0.15, -0.1) is 0 Å². The molecule has 2 rings (SSSR count). The second kappa shape index (κ2) is 6.44. The zero-order chi connectivity index (χ0) is 23.7. The molecular formula is C15H5ClF12O2. The van der Waals surface area contributed by atoms with Crippen molar-refractivity contribution >= 4 is 23.1 Å². The first-order valence-corrected chi connectivity index (χ1v) is 7.58. The minimum absolute atomic E-state index is 0.426. The molecule has 0 heterocycles. The fraction of sp³-hybridized carbons (Fsp3) is 0.400. The van der Waals surface area contributed by atoms with Crippen LogP contribution in [0, 0.1) is 5.82 Å². The number of hydrogen-bond donors (Lipinski definition) is 1. The number of halogens is 13. The van der Waals surface area contributed by atoms with Crippen molar-refractivity contribution in [3.05, 3.63) is 40.7 Å². The lowest BCUT2D eigenvalue weighted by molar-refractivity contribution is -0.475. The first kappa shape index (κ1) is 24.2. The molecule has 168 valence electrons. The van der Waals surface area contributed by atoms with E-state index in [9.17, 15) is 62.6 Å². The number of rotatable bonds is 3. The lowest BCUT2D eigenvalue weighted by Crippen LogP contribution is -2.85. The zero-order valence-corrected chi connectivity index (χ0v) is 14.3. The number of aliphatic hydroxyl groups is 1. The topological polar surface area (TPSA) is 37.3 Å². The van der Waals surface area contributed by atoms with Crippen molar-refractivity contribution in [1.29, 1.82) is 0 Å². The molecule has 0 atom stereocenters. The summed E-state index contributed by atoms with van der Waals surface area (Å²) in [4.78, 5) is 11.7. The van der Waals surface area contributed by atoms with Gasteiger partial charge >= 0.3 is 35.3 Å². The van der Waals surface area contributed by atoms with E-state index >= 15 is 0 Å². The predicted molar refractivity (Wildman–Crippen MR) is 75.6 cm³/mol. The molecule has 1 fully saturated rings. The molecule has 15 heteroatoms. The van der Waals surface area contributed by atoms with Crippen LogP contribution >= 0.6 is 11.6 Å². The van der Waals surface area contributed by atoms with Gasteiger partial charge in [0.15, 0.2) is 0 Å². The van der Waals surface area contributed by atoms with Crippen LogP contribution in [0.25, 0.3) is 5.76 Å². The molecule has 0 spiro atoms. The maximum Gasteiger partial charge on any atom is 0.384 e. The maximum atomic E-state index is 14.5. The Morgan fingerprint density at radius 2 is 1.20 bits per heavy atom. The number of ketones is 1. The van der Waals surface area contributed by atoms with Gasteiger partial charge in [0.1, 0.15) is 11.6 Å². The molecule has 1 aliphatic rings. The molecule has 0 radical (unpaired) electrons. The van der Waals surface area contributed by atoms with Crippen LogP contribution in [-0.2, 0) is 4.79 Å². The average molecular weight is 481 g/mol. The highest BCUT2D eigenvalue weighted by Crippen LogP contribution is 2.69. The summed E-state index contributed by atoms with van der Waals surface area (Å²) < 4.78 is 162. The maximum absolute atomic E-state index is 14.5. The summed E-state index contributed by atoms with van der Waals surface area (Å²) in [5.41, 5.74) is -7.78. The van der Waals surface area contributed by atoms with Crippen LogP contribution in [0.2, 0.25) is 5.02 Å². The third kappa shape index (κ3) is 2.57. The van der Waals surface area contributed by atoms with Gasteiger partial charge in [-0.3, -0.25) is 4.79 Å². The molecule has 0 aliphatic heterocycles. The van der Waals surface area contributed by atoms with Crippen LogP contribution in [0.1, 0.15) is 5.56 Å². The van der Waals surface area contributed by atoms with Crippen LogP contribution in [0.5, 0.6) is 0 Å². The van der Waals surface area contributed by atoms with Gasteiger partial charge in [-0.1, -0.05) is 11.6 Å². The minimum atomic E-state index is -7.47. The van der Waals surface area contributed by atoms with Gasteiger partial charge in [0.2, 0.25) is 5.78 Å². The number of aliphatic hydroxyl groups excluding tert-OH is 1. The van der Waals surface area contributed by atoms with E-state index in [0.717, 1.165) is 0 Å². The van der Waals surface area contributed by atoms with Gasteiger partial charge in [-0.05, 0) is 18.2 Å². The number of carbonyl (C=O) groups is 1. The van der Waals surface area contributed by atoms with Crippen molar-refractivity contribution in [2.75, 3.05) is 0 Å². The Balaban J connectivity index is 2.72. The number of alkyl halides is 11. The number of carbonyl (C=O) groups excluding carboxylic acids is 1. The summed E-state index contributed by atoms with van der Waals surface area (Å²) in [6, 6.07) is 1.40. The van der Waals surface area contributed by atoms with Crippen LogP contribution < -0.4 is 0 Å². The van der Waals surface area contributed by atoms with Crippen molar-refractivity contribution in [1.82, 2.24) is 0 Å². The summed E-state index contributed by atoms with van der Waals surface area (Å²) in [5, 5.41) is 8.72. The summed E-state index contributed by atoms with van der Waals surface area (Å²) in [5.74, 6) is -43.7. The molecule has 1 aliphatic carbocycles. The zero-order valence-electron chi connectivity index (χ0n) is 13.6.